The number of carboxylic acid groups (broad SMARTS) is 1. The third-order valence-corrected chi connectivity index (χ3v) is 5.12. The molecule has 1 N–H and O–H groups in total. The summed E-state index contributed by atoms with van der Waals surface area (Å²) in [6, 6.07) is 31.6. The molecular weight excluding hydrogens is 589 g/mol. The molecule has 6 heterocycles. The van der Waals surface area contributed by atoms with Crippen molar-refractivity contribution in [3.8, 4) is 34.2 Å². The van der Waals surface area contributed by atoms with Crippen molar-refractivity contribution in [2.24, 2.45) is 0 Å². The Labute approximate surface area is 244 Å². The third kappa shape index (κ3) is 9.08. The van der Waals surface area contributed by atoms with Crippen LogP contribution < -0.4 is 0 Å². The first-order valence-electron chi connectivity index (χ1n) is 12.0. The van der Waals surface area contributed by atoms with Crippen molar-refractivity contribution in [3.05, 3.63) is 146 Å². The first-order chi connectivity index (χ1) is 19.2. The maximum atomic E-state index is 10.7. The Morgan fingerprint density at radius 3 is 1.00 bits per heavy atom. The SMILES string of the molecule is O=C(O)c1ccnc(-c2ccccn2)c1.[Ru].c1ccc(-c2ccccn2)nc1.c1ccc(-c2ccccn2)nc1. The normalized spacial score (nSPS) is 9.50. The molecule has 0 aliphatic heterocycles. The summed E-state index contributed by atoms with van der Waals surface area (Å²) in [7, 11) is 0. The van der Waals surface area contributed by atoms with Crippen LogP contribution in [0.5, 0.6) is 0 Å². The molecule has 198 valence electrons. The largest absolute Gasteiger partial charge is 0.478 e. The van der Waals surface area contributed by atoms with Gasteiger partial charge in [0.05, 0.1) is 39.7 Å². The van der Waals surface area contributed by atoms with Crippen LogP contribution in [0.25, 0.3) is 34.2 Å². The fourth-order valence-corrected chi connectivity index (χ4v) is 3.28. The molecule has 0 radical (unpaired) electrons. The van der Waals surface area contributed by atoms with E-state index in [0.717, 1.165) is 22.8 Å². The number of aromatic nitrogens is 6. The first kappa shape index (κ1) is 29.5. The Bertz CT molecular complexity index is 1410. The van der Waals surface area contributed by atoms with Gasteiger partial charge in [-0.3, -0.25) is 29.9 Å². The van der Waals surface area contributed by atoms with Gasteiger partial charge in [-0.15, -0.1) is 0 Å². The minimum atomic E-state index is -0.963. The zero-order valence-corrected chi connectivity index (χ0v) is 22.9. The quantitative estimate of drug-likeness (QED) is 0.236. The minimum Gasteiger partial charge on any atom is -0.478 e. The molecule has 9 heteroatoms. The summed E-state index contributed by atoms with van der Waals surface area (Å²) in [4.78, 5) is 35.6. The van der Waals surface area contributed by atoms with E-state index in [9.17, 15) is 4.79 Å². The second kappa shape index (κ2) is 16.1. The Hall–Kier alpha value is -5.01. The van der Waals surface area contributed by atoms with E-state index in [1.54, 1.807) is 43.1 Å². The van der Waals surface area contributed by atoms with E-state index in [-0.39, 0.29) is 25.0 Å². The number of hydrogen-bond donors (Lipinski definition) is 1. The molecule has 0 saturated carbocycles. The molecule has 0 spiro atoms. The van der Waals surface area contributed by atoms with Gasteiger partial charge < -0.3 is 5.11 Å². The molecule has 6 aromatic rings. The van der Waals surface area contributed by atoms with Crippen molar-refractivity contribution < 1.29 is 29.4 Å². The summed E-state index contributed by atoms with van der Waals surface area (Å²) in [5, 5.41) is 8.81. The third-order valence-electron chi connectivity index (χ3n) is 5.12. The van der Waals surface area contributed by atoms with E-state index in [1.807, 2.05) is 78.9 Å². The van der Waals surface area contributed by atoms with E-state index < -0.39 is 5.97 Å². The Morgan fingerprint density at radius 2 is 0.725 bits per heavy atom. The predicted molar refractivity (Wildman–Crippen MR) is 149 cm³/mol. The average Bonchev–Trinajstić information content (AvgIpc) is 3.04. The van der Waals surface area contributed by atoms with Crippen LogP contribution in [-0.4, -0.2) is 41.0 Å². The minimum absolute atomic E-state index is 0. The monoisotopic (exact) mass is 614 g/mol. The maximum absolute atomic E-state index is 10.7. The van der Waals surface area contributed by atoms with Gasteiger partial charge in [0.25, 0.3) is 0 Å². The van der Waals surface area contributed by atoms with Crippen molar-refractivity contribution in [2.75, 3.05) is 0 Å². The molecule has 6 rings (SSSR count). The van der Waals surface area contributed by atoms with E-state index in [2.05, 4.69) is 29.9 Å². The molecule has 0 fully saturated rings. The predicted octanol–water partition coefficient (Wildman–Crippen LogP) is 6.13. The first-order valence-corrected chi connectivity index (χ1v) is 12.0. The van der Waals surface area contributed by atoms with E-state index >= 15 is 0 Å². The van der Waals surface area contributed by atoms with Gasteiger partial charge in [-0.25, -0.2) is 4.79 Å². The average molecular weight is 614 g/mol. The maximum Gasteiger partial charge on any atom is 0.335 e. The van der Waals surface area contributed by atoms with Gasteiger partial charge >= 0.3 is 5.97 Å². The molecule has 0 aliphatic carbocycles. The smallest absolute Gasteiger partial charge is 0.335 e. The van der Waals surface area contributed by atoms with Crippen LogP contribution in [0.3, 0.4) is 0 Å². The molecule has 6 aromatic heterocycles. The van der Waals surface area contributed by atoms with E-state index in [4.69, 9.17) is 5.11 Å². The van der Waals surface area contributed by atoms with Gasteiger partial charge in [-0.05, 0) is 72.8 Å². The van der Waals surface area contributed by atoms with E-state index in [1.165, 1.54) is 18.3 Å². The molecule has 0 aliphatic rings. The second-order valence-corrected chi connectivity index (χ2v) is 7.81. The second-order valence-electron chi connectivity index (χ2n) is 7.81. The van der Waals surface area contributed by atoms with Crippen molar-refractivity contribution in [2.45, 2.75) is 0 Å². The number of carbonyl (C=O) groups is 1. The van der Waals surface area contributed by atoms with Gasteiger partial charge in [0, 0.05) is 56.7 Å². The van der Waals surface area contributed by atoms with Crippen LogP contribution in [-0.2, 0) is 19.5 Å². The standard InChI is InChI=1S/C11H8N2O2.2C10H8N2.Ru/c14-11(15)8-4-6-13-10(7-8)9-3-1-2-5-12-9;2*1-3-7-11-9(5-1)10-6-2-4-8-12-10;/h1-7H,(H,14,15);2*1-8H;. The van der Waals surface area contributed by atoms with Gasteiger partial charge in [-0.1, -0.05) is 30.3 Å². The number of pyridine rings is 6. The molecule has 0 aromatic carbocycles. The number of hydrogen-bond acceptors (Lipinski definition) is 7. The molecule has 0 saturated heterocycles. The zero-order chi connectivity index (χ0) is 27.1. The molecule has 0 amide bonds. The fraction of sp³-hybridized carbons (Fsp3) is 0. The topological polar surface area (TPSA) is 115 Å². The van der Waals surface area contributed by atoms with Gasteiger partial charge in [0.15, 0.2) is 0 Å². The van der Waals surface area contributed by atoms with Gasteiger partial charge in [-0.2, -0.15) is 0 Å². The summed E-state index contributed by atoms with van der Waals surface area (Å²) in [6.07, 6.45) is 10.2. The van der Waals surface area contributed by atoms with Crippen LogP contribution in [0.1, 0.15) is 10.4 Å². The van der Waals surface area contributed by atoms with Crippen molar-refractivity contribution in [3.63, 3.8) is 0 Å². The van der Waals surface area contributed by atoms with Crippen molar-refractivity contribution in [1.29, 1.82) is 0 Å². The van der Waals surface area contributed by atoms with Crippen molar-refractivity contribution in [1.82, 2.24) is 29.9 Å². The number of aromatic carboxylic acids is 1. The number of rotatable bonds is 4. The molecule has 40 heavy (non-hydrogen) atoms. The summed E-state index contributed by atoms with van der Waals surface area (Å²) in [5.74, 6) is -0.963. The van der Waals surface area contributed by atoms with Gasteiger partial charge in [0.1, 0.15) is 0 Å². The van der Waals surface area contributed by atoms with Gasteiger partial charge in [0.2, 0.25) is 0 Å². The van der Waals surface area contributed by atoms with Crippen LogP contribution in [0.15, 0.2) is 140 Å². The summed E-state index contributed by atoms with van der Waals surface area (Å²) in [6.45, 7) is 0. The molecule has 0 unspecified atom stereocenters. The molecule has 0 bridgehead atoms. The molecule has 0 atom stereocenters. The van der Waals surface area contributed by atoms with Crippen molar-refractivity contribution >= 4 is 5.97 Å². The van der Waals surface area contributed by atoms with Crippen LogP contribution in [0.4, 0.5) is 0 Å². The van der Waals surface area contributed by atoms with E-state index in [0.29, 0.717) is 11.4 Å². The molecular formula is C31H24N6O2Ru. The van der Waals surface area contributed by atoms with Crippen LogP contribution >= 0.6 is 0 Å². The Balaban J connectivity index is 0.000000165. The Kier molecular flexibility index (Phi) is 11.9. The summed E-state index contributed by atoms with van der Waals surface area (Å²) in [5.41, 5.74) is 5.11. The van der Waals surface area contributed by atoms with Crippen LogP contribution in [0.2, 0.25) is 0 Å². The fourth-order valence-electron chi connectivity index (χ4n) is 3.28. The summed E-state index contributed by atoms with van der Waals surface area (Å²) < 4.78 is 0. The zero-order valence-electron chi connectivity index (χ0n) is 21.2. The summed E-state index contributed by atoms with van der Waals surface area (Å²) >= 11 is 0. The number of carboxylic acids is 1. The Morgan fingerprint density at radius 1 is 0.425 bits per heavy atom. The number of nitrogens with zero attached hydrogens (tertiary/aromatic N) is 6. The van der Waals surface area contributed by atoms with Crippen LogP contribution in [0, 0.1) is 0 Å². The molecule has 8 nitrogen and oxygen atoms in total.